The van der Waals surface area contributed by atoms with Crippen LogP contribution in [-0.4, -0.2) is 140 Å². The summed E-state index contributed by atoms with van der Waals surface area (Å²) in [4.78, 5) is 13.3. The van der Waals surface area contributed by atoms with Crippen LogP contribution in [0.3, 0.4) is 0 Å². The number of amides is 1. The highest BCUT2D eigenvalue weighted by molar-refractivity contribution is 5.76. The van der Waals surface area contributed by atoms with E-state index < -0.39 is 86.8 Å². The summed E-state index contributed by atoms with van der Waals surface area (Å²) in [6.45, 7) is 2.68. The standard InChI is InChI=1S/C68H119NO13/c1-3-5-7-9-11-13-15-17-19-21-23-25-27-28-30-32-34-36-38-40-42-44-46-48-50-52-60(73)69-56(55-79-67-65(78)63(76)66(59(54-71)81-67)82-68-64(77)62(75)61(74)58(53-70)80-68)57(72)51-49-47-45-43-41-39-37-35-33-31-29-26-24-22-20-18-16-14-12-10-8-6-4-2/h5,7,11,13,17,19,23,25,28,30,41,43,49,51,56-59,61-68,70-72,74-78H,3-4,6,8-10,12,14-16,18,20-22,24,26-27,29,31-40,42,44-48,50,52-55H2,1-2H3,(H,69,73)/b7-5-,13-11-,19-17-,25-23-,30-28-,43-41+,51-49+. The maximum absolute atomic E-state index is 13.3. The lowest BCUT2D eigenvalue weighted by molar-refractivity contribution is -0.359. The highest BCUT2D eigenvalue weighted by atomic mass is 16.7. The number of unbranched alkanes of at least 4 members (excludes halogenated alkanes) is 27. The van der Waals surface area contributed by atoms with E-state index in [1.165, 1.54) is 141 Å². The molecule has 14 heteroatoms. The van der Waals surface area contributed by atoms with Gasteiger partial charge < -0.3 is 65.1 Å². The first kappa shape index (κ1) is 75.3. The molecule has 0 radical (unpaired) electrons. The van der Waals surface area contributed by atoms with E-state index in [-0.39, 0.29) is 18.9 Å². The average molecular weight is 1160 g/mol. The van der Waals surface area contributed by atoms with Crippen LogP contribution in [0.5, 0.6) is 0 Å². The fourth-order valence-electron chi connectivity index (χ4n) is 10.3. The number of aliphatic hydroxyl groups excluding tert-OH is 8. The quantitative estimate of drug-likeness (QED) is 0.0204. The number of ether oxygens (including phenoxy) is 4. The molecule has 0 aliphatic carbocycles. The van der Waals surface area contributed by atoms with Crippen LogP contribution in [0.15, 0.2) is 85.1 Å². The summed E-state index contributed by atoms with van der Waals surface area (Å²) in [6, 6.07) is -0.941. The number of aliphatic hydroxyl groups is 8. The summed E-state index contributed by atoms with van der Waals surface area (Å²) >= 11 is 0. The van der Waals surface area contributed by atoms with Gasteiger partial charge in [0.1, 0.15) is 48.8 Å². The van der Waals surface area contributed by atoms with Gasteiger partial charge in [-0.05, 0) is 77.0 Å². The first-order valence-electron chi connectivity index (χ1n) is 32.8. The molecule has 474 valence electrons. The number of hydrogen-bond donors (Lipinski definition) is 9. The van der Waals surface area contributed by atoms with Gasteiger partial charge in [-0.1, -0.05) is 247 Å². The molecule has 9 N–H and O–H groups in total. The summed E-state index contributed by atoms with van der Waals surface area (Å²) < 4.78 is 22.8. The van der Waals surface area contributed by atoms with Gasteiger partial charge in [0.15, 0.2) is 12.6 Å². The number of nitrogens with one attached hydrogen (secondary N) is 1. The largest absolute Gasteiger partial charge is 0.394 e. The second kappa shape index (κ2) is 52.5. The van der Waals surface area contributed by atoms with Crippen LogP contribution in [0.25, 0.3) is 0 Å². The Labute approximate surface area is 497 Å². The van der Waals surface area contributed by atoms with Crippen molar-refractivity contribution in [2.45, 2.75) is 319 Å². The molecular weight excluding hydrogens is 1040 g/mol. The molecule has 2 aliphatic heterocycles. The summed E-state index contributed by atoms with van der Waals surface area (Å²) in [5.41, 5.74) is 0. The van der Waals surface area contributed by atoms with Crippen LogP contribution in [-0.2, 0) is 23.7 Å². The summed E-state index contributed by atoms with van der Waals surface area (Å²) in [5, 5.41) is 87.3. The Morgan fingerprint density at radius 2 is 0.854 bits per heavy atom. The summed E-state index contributed by atoms with van der Waals surface area (Å²) in [7, 11) is 0. The minimum absolute atomic E-state index is 0.257. The van der Waals surface area contributed by atoms with Crippen molar-refractivity contribution in [1.29, 1.82) is 0 Å². The number of hydrogen-bond acceptors (Lipinski definition) is 13. The van der Waals surface area contributed by atoms with Gasteiger partial charge in [0.05, 0.1) is 32.0 Å². The minimum atomic E-state index is -1.80. The summed E-state index contributed by atoms with van der Waals surface area (Å²) in [6.07, 6.45) is 54.8. The fraction of sp³-hybridized carbons (Fsp3) is 0.779. The van der Waals surface area contributed by atoms with Gasteiger partial charge in [0.25, 0.3) is 0 Å². The predicted molar refractivity (Wildman–Crippen MR) is 332 cm³/mol. The highest BCUT2D eigenvalue weighted by Crippen LogP contribution is 2.30. The smallest absolute Gasteiger partial charge is 0.220 e. The maximum atomic E-state index is 13.3. The monoisotopic (exact) mass is 1160 g/mol. The van der Waals surface area contributed by atoms with Crippen molar-refractivity contribution in [2.24, 2.45) is 0 Å². The Hall–Kier alpha value is -2.83. The van der Waals surface area contributed by atoms with Gasteiger partial charge in [-0.15, -0.1) is 0 Å². The fourth-order valence-corrected chi connectivity index (χ4v) is 10.3. The second-order valence-electron chi connectivity index (χ2n) is 22.9. The van der Waals surface area contributed by atoms with Crippen LogP contribution < -0.4 is 5.32 Å². The van der Waals surface area contributed by atoms with Crippen molar-refractivity contribution >= 4 is 5.91 Å². The number of carbonyl (C=O) groups excluding carboxylic acids is 1. The molecule has 0 saturated carbocycles. The van der Waals surface area contributed by atoms with Crippen LogP contribution in [0.1, 0.15) is 245 Å². The molecule has 0 aromatic heterocycles. The van der Waals surface area contributed by atoms with Crippen LogP contribution in [0, 0.1) is 0 Å². The number of allylic oxidation sites excluding steroid dienone is 13. The molecular formula is C68H119NO13. The molecule has 1 amide bonds. The molecule has 0 bridgehead atoms. The topological polar surface area (TPSA) is 228 Å². The lowest BCUT2D eigenvalue weighted by atomic mass is 9.97. The minimum Gasteiger partial charge on any atom is -0.394 e. The van der Waals surface area contributed by atoms with E-state index in [1.54, 1.807) is 6.08 Å². The van der Waals surface area contributed by atoms with Crippen molar-refractivity contribution in [3.8, 4) is 0 Å². The first-order chi connectivity index (χ1) is 40.1. The summed E-state index contributed by atoms with van der Waals surface area (Å²) in [5.74, 6) is -0.257. The molecule has 14 nitrogen and oxygen atoms in total. The van der Waals surface area contributed by atoms with Crippen molar-refractivity contribution in [1.82, 2.24) is 5.32 Å². The molecule has 0 aromatic rings. The van der Waals surface area contributed by atoms with Crippen LogP contribution in [0.4, 0.5) is 0 Å². The van der Waals surface area contributed by atoms with Gasteiger partial charge in [0.2, 0.25) is 5.91 Å². The number of rotatable bonds is 52. The number of carbonyl (C=O) groups is 1. The average Bonchev–Trinajstić information content (AvgIpc) is 3.56. The normalized spacial score (nSPS) is 24.5. The molecule has 12 atom stereocenters. The molecule has 0 aromatic carbocycles. The third-order valence-electron chi connectivity index (χ3n) is 15.6. The molecule has 2 heterocycles. The van der Waals surface area contributed by atoms with Crippen molar-refractivity contribution in [3.05, 3.63) is 85.1 Å². The van der Waals surface area contributed by atoms with E-state index in [4.69, 9.17) is 18.9 Å². The Morgan fingerprint density at radius 3 is 1.34 bits per heavy atom. The van der Waals surface area contributed by atoms with Crippen molar-refractivity contribution < 1.29 is 64.6 Å². The van der Waals surface area contributed by atoms with Crippen molar-refractivity contribution in [3.63, 3.8) is 0 Å². The second-order valence-corrected chi connectivity index (χ2v) is 22.9. The van der Waals surface area contributed by atoms with E-state index in [2.05, 4.69) is 92.1 Å². The Kier molecular flexibility index (Phi) is 48.2. The maximum Gasteiger partial charge on any atom is 0.220 e. The van der Waals surface area contributed by atoms with Crippen LogP contribution in [0.2, 0.25) is 0 Å². The molecule has 12 unspecified atom stereocenters. The molecule has 2 saturated heterocycles. The Bertz CT molecular complexity index is 1700. The van der Waals surface area contributed by atoms with Gasteiger partial charge in [0, 0.05) is 6.42 Å². The first-order valence-corrected chi connectivity index (χ1v) is 32.8. The lowest BCUT2D eigenvalue weighted by Crippen LogP contribution is -2.65. The van der Waals surface area contributed by atoms with E-state index in [1.807, 2.05) is 6.08 Å². The lowest BCUT2D eigenvalue weighted by Gasteiger charge is -2.46. The van der Waals surface area contributed by atoms with Crippen molar-refractivity contribution in [2.75, 3.05) is 19.8 Å². The van der Waals surface area contributed by atoms with Gasteiger partial charge >= 0.3 is 0 Å². The zero-order valence-electron chi connectivity index (χ0n) is 51.2. The van der Waals surface area contributed by atoms with E-state index in [0.29, 0.717) is 12.8 Å². The zero-order chi connectivity index (χ0) is 59.5. The molecule has 82 heavy (non-hydrogen) atoms. The van der Waals surface area contributed by atoms with E-state index in [0.717, 1.165) is 70.6 Å². The van der Waals surface area contributed by atoms with Gasteiger partial charge in [-0.2, -0.15) is 0 Å². The molecule has 2 fully saturated rings. The third-order valence-corrected chi connectivity index (χ3v) is 15.6. The predicted octanol–water partition coefficient (Wildman–Crippen LogP) is 12.4. The SMILES string of the molecule is CC/C=C\C/C=C\C/C=C\C/C=C\C/C=C\CCCCCCCCCCCC(=O)NC(COC1OC(CO)C(OC2OC(CO)C(O)C(O)C2O)C(O)C1O)C(O)/C=C/CC/C=C/CCCCCCCCCCCCCCCCCCC. The van der Waals surface area contributed by atoms with E-state index >= 15 is 0 Å². The van der Waals surface area contributed by atoms with E-state index in [9.17, 15) is 45.6 Å². The highest BCUT2D eigenvalue weighted by Gasteiger charge is 2.51. The molecule has 2 rings (SSSR count). The molecule has 0 spiro atoms. The van der Waals surface area contributed by atoms with Crippen LogP contribution >= 0.6 is 0 Å². The Balaban J connectivity index is 1.74. The Morgan fingerprint density at radius 1 is 0.451 bits per heavy atom. The zero-order valence-corrected chi connectivity index (χ0v) is 51.2. The van der Waals surface area contributed by atoms with Gasteiger partial charge in [-0.3, -0.25) is 4.79 Å². The third kappa shape index (κ3) is 36.9. The van der Waals surface area contributed by atoms with Gasteiger partial charge in [-0.25, -0.2) is 0 Å². The molecule has 2 aliphatic rings.